The number of hydrogen-bond donors (Lipinski definition) is 0. The molecule has 0 spiro atoms. The van der Waals surface area contributed by atoms with E-state index in [9.17, 15) is 4.79 Å². The van der Waals surface area contributed by atoms with Crippen LogP contribution in [0.3, 0.4) is 0 Å². The highest BCUT2D eigenvalue weighted by Crippen LogP contribution is 2.31. The lowest BCUT2D eigenvalue weighted by Crippen LogP contribution is -2.13. The first-order valence-corrected chi connectivity index (χ1v) is 6.20. The minimum absolute atomic E-state index is 0.0441. The lowest BCUT2D eigenvalue weighted by Gasteiger charge is -2.20. The normalized spacial score (nSPS) is 14.7. The molecule has 0 heterocycles. The highest BCUT2D eigenvalue weighted by Gasteiger charge is 2.23. The van der Waals surface area contributed by atoms with E-state index in [1.54, 1.807) is 12.1 Å². The Morgan fingerprint density at radius 3 is 2.65 bits per heavy atom. The predicted octanol–water partition coefficient (Wildman–Crippen LogP) is 3.97. The number of carbonyl (C=O) groups excluding carboxylic acids is 1. The zero-order valence-electron chi connectivity index (χ0n) is 9.79. The van der Waals surface area contributed by atoms with E-state index in [2.05, 4.69) is 22.5 Å². The molecule has 0 fully saturated rings. The first-order valence-electron chi connectivity index (χ1n) is 5.41. The van der Waals surface area contributed by atoms with Crippen LogP contribution < -0.4 is 0 Å². The van der Waals surface area contributed by atoms with Gasteiger partial charge in [-0.1, -0.05) is 22.5 Å². The highest BCUT2D eigenvalue weighted by atomic mass is 79.9. The number of hydrogen-bond acceptors (Lipinski definition) is 2. The molecular weight excluding hydrogens is 280 g/mol. The molecular formula is C14H13BrO2. The van der Waals surface area contributed by atoms with Crippen molar-refractivity contribution in [2.24, 2.45) is 0 Å². The van der Waals surface area contributed by atoms with Gasteiger partial charge in [-0.05, 0) is 38.1 Å². The van der Waals surface area contributed by atoms with Gasteiger partial charge in [-0.25, -0.2) is 0 Å². The third kappa shape index (κ3) is 2.34. The van der Waals surface area contributed by atoms with E-state index >= 15 is 0 Å². The summed E-state index contributed by atoms with van der Waals surface area (Å²) in [5.41, 5.74) is 1.94. The van der Waals surface area contributed by atoms with Crippen molar-refractivity contribution in [3.8, 4) is 0 Å². The fourth-order valence-electron chi connectivity index (χ4n) is 1.75. The third-order valence-electron chi connectivity index (χ3n) is 2.45. The van der Waals surface area contributed by atoms with Gasteiger partial charge in [-0.15, -0.1) is 0 Å². The Balaban J connectivity index is 2.54. The van der Waals surface area contributed by atoms with Crippen molar-refractivity contribution in [1.82, 2.24) is 0 Å². The number of ketones is 1. The minimum Gasteiger partial charge on any atom is -0.490 e. The Hall–Kier alpha value is -1.35. The van der Waals surface area contributed by atoms with Crippen LogP contribution in [0.1, 0.15) is 29.8 Å². The van der Waals surface area contributed by atoms with Gasteiger partial charge in [0.2, 0.25) is 0 Å². The molecule has 0 aliphatic heterocycles. The van der Waals surface area contributed by atoms with E-state index in [0.29, 0.717) is 16.9 Å². The smallest absolute Gasteiger partial charge is 0.193 e. The molecule has 0 aromatic heterocycles. The van der Waals surface area contributed by atoms with E-state index in [4.69, 9.17) is 4.74 Å². The molecule has 1 aliphatic rings. The summed E-state index contributed by atoms with van der Waals surface area (Å²) in [6, 6.07) is 5.59. The maximum atomic E-state index is 12.0. The van der Waals surface area contributed by atoms with E-state index < -0.39 is 0 Å². The average molecular weight is 293 g/mol. The van der Waals surface area contributed by atoms with Crippen LogP contribution in [0.2, 0.25) is 0 Å². The van der Waals surface area contributed by atoms with Crippen LogP contribution in [0.5, 0.6) is 0 Å². The van der Waals surface area contributed by atoms with Gasteiger partial charge in [0, 0.05) is 21.2 Å². The first kappa shape index (κ1) is 12.1. The molecule has 2 rings (SSSR count). The number of ether oxygens (including phenoxy) is 1. The summed E-state index contributed by atoms with van der Waals surface area (Å²) in [6.07, 6.45) is 1.78. The second kappa shape index (κ2) is 4.49. The number of halogens is 1. The van der Waals surface area contributed by atoms with Crippen LogP contribution in [0, 0.1) is 0 Å². The summed E-state index contributed by atoms with van der Waals surface area (Å²) in [5, 5.41) is 0. The second-order valence-corrected chi connectivity index (χ2v) is 5.14. The summed E-state index contributed by atoms with van der Waals surface area (Å²) in [5.74, 6) is 0.671. The number of benzene rings is 1. The van der Waals surface area contributed by atoms with Crippen molar-refractivity contribution in [1.29, 1.82) is 0 Å². The SMILES string of the molecule is C=C1C=C(OC(C)C)c2ccc(Br)cc2C1=O. The summed E-state index contributed by atoms with van der Waals surface area (Å²) < 4.78 is 6.59. The Bertz CT molecular complexity index is 527. The van der Waals surface area contributed by atoms with Gasteiger partial charge in [0.1, 0.15) is 5.76 Å². The molecule has 0 unspecified atom stereocenters. The molecule has 0 bridgehead atoms. The Labute approximate surface area is 109 Å². The first-order chi connectivity index (χ1) is 7.99. The Kier molecular flexibility index (Phi) is 3.20. The van der Waals surface area contributed by atoms with Crippen molar-refractivity contribution in [2.75, 3.05) is 0 Å². The highest BCUT2D eigenvalue weighted by molar-refractivity contribution is 9.10. The van der Waals surface area contributed by atoms with Crippen LogP contribution >= 0.6 is 15.9 Å². The molecule has 88 valence electrons. The quantitative estimate of drug-likeness (QED) is 0.771. The largest absolute Gasteiger partial charge is 0.490 e. The van der Waals surface area contributed by atoms with Crippen LogP contribution in [-0.2, 0) is 4.74 Å². The number of carbonyl (C=O) groups is 1. The maximum Gasteiger partial charge on any atom is 0.193 e. The van der Waals surface area contributed by atoms with E-state index in [1.807, 2.05) is 26.0 Å². The van der Waals surface area contributed by atoms with Crippen LogP contribution in [0.25, 0.3) is 5.76 Å². The monoisotopic (exact) mass is 292 g/mol. The maximum absolute atomic E-state index is 12.0. The standard InChI is InChI=1S/C14H13BrO2/c1-8(2)17-13-6-9(3)14(16)12-7-10(15)4-5-11(12)13/h4-8H,3H2,1-2H3. The molecule has 0 saturated heterocycles. The molecule has 2 nitrogen and oxygen atoms in total. The van der Waals surface area contributed by atoms with E-state index in [1.165, 1.54) is 0 Å². The van der Waals surface area contributed by atoms with E-state index in [-0.39, 0.29) is 11.9 Å². The summed E-state index contributed by atoms with van der Waals surface area (Å²) in [6.45, 7) is 7.67. The minimum atomic E-state index is -0.0441. The van der Waals surface area contributed by atoms with Crippen LogP contribution in [-0.4, -0.2) is 11.9 Å². The molecule has 17 heavy (non-hydrogen) atoms. The number of Topliss-reactive ketones (excluding diaryl/α,β-unsaturated/α-hetero) is 1. The third-order valence-corrected chi connectivity index (χ3v) is 2.94. The van der Waals surface area contributed by atoms with Crippen molar-refractivity contribution >= 4 is 27.5 Å². The lowest BCUT2D eigenvalue weighted by atomic mass is 9.92. The van der Waals surface area contributed by atoms with Gasteiger partial charge >= 0.3 is 0 Å². The van der Waals surface area contributed by atoms with Gasteiger partial charge in [0.05, 0.1) is 6.10 Å². The Morgan fingerprint density at radius 1 is 1.29 bits per heavy atom. The van der Waals surface area contributed by atoms with Crippen molar-refractivity contribution in [2.45, 2.75) is 20.0 Å². The molecule has 1 aliphatic carbocycles. The fourth-order valence-corrected chi connectivity index (χ4v) is 2.11. The van der Waals surface area contributed by atoms with Crippen LogP contribution in [0.4, 0.5) is 0 Å². The molecule has 1 aromatic rings. The summed E-state index contributed by atoms with van der Waals surface area (Å²) >= 11 is 3.37. The molecule has 0 amide bonds. The van der Waals surface area contributed by atoms with Gasteiger partial charge in [0.15, 0.2) is 5.78 Å². The topological polar surface area (TPSA) is 26.3 Å². The molecule has 3 heteroatoms. The summed E-state index contributed by atoms with van der Waals surface area (Å²) in [7, 11) is 0. The molecule has 0 N–H and O–H groups in total. The van der Waals surface area contributed by atoms with Crippen molar-refractivity contribution in [3.63, 3.8) is 0 Å². The fraction of sp³-hybridized carbons (Fsp3) is 0.214. The summed E-state index contributed by atoms with van der Waals surface area (Å²) in [4.78, 5) is 12.0. The number of rotatable bonds is 2. The second-order valence-electron chi connectivity index (χ2n) is 4.22. The van der Waals surface area contributed by atoms with Gasteiger partial charge < -0.3 is 4.74 Å². The molecule has 0 saturated carbocycles. The zero-order chi connectivity index (χ0) is 12.6. The van der Waals surface area contributed by atoms with E-state index in [0.717, 1.165) is 10.0 Å². The lowest BCUT2D eigenvalue weighted by molar-refractivity contribution is 0.103. The zero-order valence-corrected chi connectivity index (χ0v) is 11.4. The molecule has 1 aromatic carbocycles. The van der Waals surface area contributed by atoms with Gasteiger partial charge in [-0.3, -0.25) is 4.79 Å². The van der Waals surface area contributed by atoms with Crippen LogP contribution in [0.15, 0.2) is 40.9 Å². The van der Waals surface area contributed by atoms with Gasteiger partial charge in [0.25, 0.3) is 0 Å². The predicted molar refractivity (Wildman–Crippen MR) is 71.8 cm³/mol. The number of fused-ring (bicyclic) bond motifs is 1. The molecule has 0 radical (unpaired) electrons. The van der Waals surface area contributed by atoms with Gasteiger partial charge in [-0.2, -0.15) is 0 Å². The average Bonchev–Trinajstić information content (AvgIpc) is 2.24. The van der Waals surface area contributed by atoms with Crippen molar-refractivity contribution < 1.29 is 9.53 Å². The van der Waals surface area contributed by atoms with Crippen molar-refractivity contribution in [3.05, 3.63) is 52.0 Å². The number of allylic oxidation sites excluding steroid dienone is 2. The Morgan fingerprint density at radius 2 is 2.00 bits per heavy atom. The molecule has 0 atom stereocenters.